The van der Waals surface area contributed by atoms with Crippen LogP contribution in [0.3, 0.4) is 0 Å². The van der Waals surface area contributed by atoms with E-state index in [1.165, 1.54) is 4.90 Å². The van der Waals surface area contributed by atoms with Gasteiger partial charge in [-0.1, -0.05) is 11.2 Å². The fourth-order valence-electron chi connectivity index (χ4n) is 3.61. The van der Waals surface area contributed by atoms with Crippen LogP contribution in [-0.2, 0) is 11.3 Å². The number of alkyl halides is 3. The number of anilines is 2. The molecule has 2 heterocycles. The molecule has 31 heavy (non-hydrogen) atoms. The molecular formula is C20H26F3N5O3. The second kappa shape index (κ2) is 9.13. The highest BCUT2D eigenvalue weighted by atomic mass is 19.4. The summed E-state index contributed by atoms with van der Waals surface area (Å²) >= 11 is 0. The van der Waals surface area contributed by atoms with Crippen LogP contribution in [0.1, 0.15) is 29.5 Å². The zero-order valence-electron chi connectivity index (χ0n) is 17.9. The SMILES string of the molecule is Cc1cc(CN2CCN(C(=O)OCC(F)(F)F)[C@@H](C)C2)c(C)c(Nc2nnc(C)o2)c1. The van der Waals surface area contributed by atoms with Gasteiger partial charge in [0.2, 0.25) is 5.89 Å². The van der Waals surface area contributed by atoms with Crippen LogP contribution in [0.4, 0.5) is 29.7 Å². The number of carbonyl (C=O) groups excluding carboxylic acids is 1. The van der Waals surface area contributed by atoms with E-state index in [0.717, 1.165) is 22.4 Å². The van der Waals surface area contributed by atoms with E-state index in [0.29, 0.717) is 38.1 Å². The largest absolute Gasteiger partial charge is 0.440 e. The lowest BCUT2D eigenvalue weighted by Crippen LogP contribution is -2.54. The molecule has 0 unspecified atom stereocenters. The molecule has 2 aromatic rings. The van der Waals surface area contributed by atoms with Crippen molar-refractivity contribution in [2.24, 2.45) is 0 Å². The Morgan fingerprint density at radius 2 is 2.00 bits per heavy atom. The normalized spacial score (nSPS) is 17.6. The van der Waals surface area contributed by atoms with E-state index < -0.39 is 18.9 Å². The van der Waals surface area contributed by atoms with Gasteiger partial charge in [-0.25, -0.2) is 4.79 Å². The maximum atomic E-state index is 12.3. The Morgan fingerprint density at radius 3 is 2.61 bits per heavy atom. The number of halogens is 3. The number of benzene rings is 1. The van der Waals surface area contributed by atoms with Gasteiger partial charge in [-0.05, 0) is 43.5 Å². The van der Waals surface area contributed by atoms with Crippen LogP contribution in [0.5, 0.6) is 0 Å². The Morgan fingerprint density at radius 1 is 1.26 bits per heavy atom. The predicted octanol–water partition coefficient (Wildman–Crippen LogP) is 3.94. The highest BCUT2D eigenvalue weighted by Crippen LogP contribution is 2.26. The Hall–Kier alpha value is -2.82. The highest BCUT2D eigenvalue weighted by molar-refractivity contribution is 5.68. The van der Waals surface area contributed by atoms with Crippen LogP contribution < -0.4 is 5.32 Å². The van der Waals surface area contributed by atoms with E-state index in [9.17, 15) is 18.0 Å². The van der Waals surface area contributed by atoms with Crippen LogP contribution in [0.25, 0.3) is 0 Å². The molecule has 1 saturated heterocycles. The van der Waals surface area contributed by atoms with Gasteiger partial charge in [-0.2, -0.15) is 13.2 Å². The van der Waals surface area contributed by atoms with E-state index >= 15 is 0 Å². The number of aromatic nitrogens is 2. The minimum atomic E-state index is -4.53. The molecule has 0 spiro atoms. The minimum absolute atomic E-state index is 0.265. The number of nitrogens with one attached hydrogen (secondary N) is 1. The van der Waals surface area contributed by atoms with Crippen molar-refractivity contribution in [2.75, 3.05) is 31.6 Å². The highest BCUT2D eigenvalue weighted by Gasteiger charge is 2.33. The number of amides is 1. The van der Waals surface area contributed by atoms with Crippen molar-refractivity contribution < 1.29 is 27.1 Å². The van der Waals surface area contributed by atoms with E-state index in [1.54, 1.807) is 13.8 Å². The van der Waals surface area contributed by atoms with Gasteiger partial charge < -0.3 is 19.4 Å². The average molecular weight is 441 g/mol. The van der Waals surface area contributed by atoms with Crippen molar-refractivity contribution in [3.63, 3.8) is 0 Å². The maximum Gasteiger partial charge on any atom is 0.422 e. The van der Waals surface area contributed by atoms with Gasteiger partial charge in [-0.3, -0.25) is 4.90 Å². The number of carbonyl (C=O) groups is 1. The summed E-state index contributed by atoms with van der Waals surface area (Å²) in [4.78, 5) is 15.5. The summed E-state index contributed by atoms with van der Waals surface area (Å²) in [5.41, 5.74) is 4.04. The summed E-state index contributed by atoms with van der Waals surface area (Å²) in [6, 6.07) is 4.14. The topological polar surface area (TPSA) is 83.7 Å². The molecule has 1 atom stereocenters. The smallest absolute Gasteiger partial charge is 0.422 e. The summed E-state index contributed by atoms with van der Waals surface area (Å²) in [6.45, 7) is 7.93. The molecule has 8 nitrogen and oxygen atoms in total. The summed E-state index contributed by atoms with van der Waals surface area (Å²) < 4.78 is 46.7. The average Bonchev–Trinajstić information content (AvgIpc) is 3.08. The monoisotopic (exact) mass is 441 g/mol. The lowest BCUT2D eigenvalue weighted by Gasteiger charge is -2.39. The first-order chi connectivity index (χ1) is 14.5. The molecule has 1 amide bonds. The van der Waals surface area contributed by atoms with Crippen molar-refractivity contribution in [3.05, 3.63) is 34.7 Å². The fourth-order valence-corrected chi connectivity index (χ4v) is 3.61. The Bertz CT molecular complexity index is 931. The van der Waals surface area contributed by atoms with Crippen molar-refractivity contribution in [2.45, 2.75) is 46.5 Å². The van der Waals surface area contributed by atoms with Crippen molar-refractivity contribution >= 4 is 17.8 Å². The molecule has 3 rings (SSSR count). The molecular weight excluding hydrogens is 415 g/mol. The third-order valence-corrected chi connectivity index (χ3v) is 5.13. The van der Waals surface area contributed by atoms with Crippen LogP contribution in [0.15, 0.2) is 16.5 Å². The first kappa shape index (κ1) is 22.9. The number of aryl methyl sites for hydroxylation is 2. The van der Waals surface area contributed by atoms with Crippen molar-refractivity contribution in [1.82, 2.24) is 20.0 Å². The maximum absolute atomic E-state index is 12.3. The zero-order valence-corrected chi connectivity index (χ0v) is 17.9. The van der Waals surface area contributed by atoms with E-state index in [4.69, 9.17) is 4.42 Å². The van der Waals surface area contributed by atoms with Crippen LogP contribution >= 0.6 is 0 Å². The molecule has 1 aliphatic rings. The number of hydrogen-bond acceptors (Lipinski definition) is 7. The number of piperazine rings is 1. The summed E-state index contributed by atoms with van der Waals surface area (Å²) in [5.74, 6) is 0.466. The van der Waals surface area contributed by atoms with Gasteiger partial charge in [0.15, 0.2) is 6.61 Å². The van der Waals surface area contributed by atoms with Gasteiger partial charge in [0.1, 0.15) is 0 Å². The van der Waals surface area contributed by atoms with E-state index in [2.05, 4.69) is 31.2 Å². The summed E-state index contributed by atoms with van der Waals surface area (Å²) in [5, 5.41) is 10.9. The molecule has 0 radical (unpaired) electrons. The van der Waals surface area contributed by atoms with Gasteiger partial charge in [0.05, 0.1) is 0 Å². The van der Waals surface area contributed by atoms with Gasteiger partial charge in [-0.15, -0.1) is 5.10 Å². The van der Waals surface area contributed by atoms with Crippen molar-refractivity contribution in [1.29, 1.82) is 0 Å². The van der Waals surface area contributed by atoms with Crippen LogP contribution in [0.2, 0.25) is 0 Å². The molecule has 0 bridgehead atoms. The van der Waals surface area contributed by atoms with Gasteiger partial charge in [0.25, 0.3) is 0 Å². The second-order valence-corrected chi connectivity index (χ2v) is 7.80. The fraction of sp³-hybridized carbons (Fsp3) is 0.550. The predicted molar refractivity (Wildman–Crippen MR) is 107 cm³/mol. The quantitative estimate of drug-likeness (QED) is 0.752. The van der Waals surface area contributed by atoms with E-state index in [-0.39, 0.29) is 6.04 Å². The van der Waals surface area contributed by atoms with Crippen LogP contribution in [-0.4, -0.2) is 64.5 Å². The Labute approximate surface area is 178 Å². The molecule has 170 valence electrons. The molecule has 11 heteroatoms. The molecule has 1 N–H and O–H groups in total. The minimum Gasteiger partial charge on any atom is -0.440 e. The summed E-state index contributed by atoms with van der Waals surface area (Å²) in [6.07, 6.45) is -5.47. The molecule has 1 aromatic carbocycles. The van der Waals surface area contributed by atoms with E-state index in [1.807, 2.05) is 19.9 Å². The lowest BCUT2D eigenvalue weighted by atomic mass is 10.0. The van der Waals surface area contributed by atoms with Gasteiger partial charge in [0, 0.05) is 44.8 Å². The third kappa shape index (κ3) is 6.09. The number of hydrogen-bond donors (Lipinski definition) is 1. The molecule has 0 saturated carbocycles. The Balaban J connectivity index is 1.63. The standard InChI is InChI=1S/C20H26F3N5O3/c1-12-7-16(14(3)17(8-12)24-18-26-25-15(4)31-18)10-27-5-6-28(13(2)9-27)19(29)30-11-20(21,22)23/h7-8,13H,5-6,9-11H2,1-4H3,(H,24,26)/t13-/m0/s1. The lowest BCUT2D eigenvalue weighted by molar-refractivity contribution is -0.163. The molecule has 1 aromatic heterocycles. The van der Waals surface area contributed by atoms with Crippen LogP contribution in [0, 0.1) is 20.8 Å². The third-order valence-electron chi connectivity index (χ3n) is 5.13. The number of rotatable bonds is 5. The zero-order chi connectivity index (χ0) is 22.8. The molecule has 1 aliphatic heterocycles. The first-order valence-corrected chi connectivity index (χ1v) is 9.91. The first-order valence-electron chi connectivity index (χ1n) is 9.91. The van der Waals surface area contributed by atoms with Gasteiger partial charge >= 0.3 is 18.3 Å². The molecule has 1 fully saturated rings. The second-order valence-electron chi connectivity index (χ2n) is 7.80. The number of nitrogens with zero attached hydrogens (tertiary/aromatic N) is 4. The van der Waals surface area contributed by atoms with Crippen molar-refractivity contribution in [3.8, 4) is 0 Å². The Kier molecular flexibility index (Phi) is 6.73. The summed E-state index contributed by atoms with van der Waals surface area (Å²) in [7, 11) is 0. The number of ether oxygens (including phenoxy) is 1. The molecule has 0 aliphatic carbocycles.